The van der Waals surface area contributed by atoms with E-state index in [9.17, 15) is 0 Å². The molecule has 21 heavy (non-hydrogen) atoms. The molecule has 1 aliphatic rings. The van der Waals surface area contributed by atoms with Gasteiger partial charge >= 0.3 is 0 Å². The minimum atomic E-state index is 0.476. The molecule has 1 N–H and O–H groups in total. The molecule has 0 aromatic carbocycles. The Morgan fingerprint density at radius 3 is 3.05 bits per heavy atom. The quantitative estimate of drug-likeness (QED) is 0.913. The summed E-state index contributed by atoms with van der Waals surface area (Å²) in [4.78, 5) is 10.9. The highest BCUT2D eigenvalue weighted by molar-refractivity contribution is 5.42. The fourth-order valence-corrected chi connectivity index (χ4v) is 2.58. The Labute approximate surface area is 124 Å². The van der Waals surface area contributed by atoms with E-state index >= 15 is 0 Å². The molecule has 2 aromatic rings. The van der Waals surface area contributed by atoms with E-state index in [1.165, 1.54) is 6.42 Å². The van der Waals surface area contributed by atoms with Crippen LogP contribution in [0.5, 0.6) is 0 Å². The van der Waals surface area contributed by atoms with E-state index in [1.807, 2.05) is 24.3 Å². The summed E-state index contributed by atoms with van der Waals surface area (Å²) in [5.41, 5.74) is 0. The van der Waals surface area contributed by atoms with Crippen LogP contribution in [0, 0.1) is 0 Å². The van der Waals surface area contributed by atoms with Crippen molar-refractivity contribution in [1.29, 1.82) is 0 Å². The molecule has 3 rings (SSSR count). The summed E-state index contributed by atoms with van der Waals surface area (Å²) >= 11 is 0. The number of anilines is 1. The molecule has 0 saturated carbocycles. The van der Waals surface area contributed by atoms with Crippen LogP contribution in [0.25, 0.3) is 6.08 Å². The number of hydrogen-bond acceptors (Lipinski definition) is 5. The third-order valence-corrected chi connectivity index (χ3v) is 3.61. The van der Waals surface area contributed by atoms with Gasteiger partial charge in [0.2, 0.25) is 5.95 Å². The first kappa shape index (κ1) is 13.8. The number of rotatable bonds is 5. The summed E-state index contributed by atoms with van der Waals surface area (Å²) in [6, 6.07) is 6.17. The Kier molecular flexibility index (Phi) is 4.63. The topological polar surface area (TPSA) is 54.2 Å². The molecule has 0 unspecified atom stereocenters. The molecule has 2 aromatic heterocycles. The van der Waals surface area contributed by atoms with Crippen molar-refractivity contribution in [3.05, 3.63) is 48.7 Å². The first-order chi connectivity index (χ1) is 10.4. The molecule has 0 spiro atoms. The van der Waals surface area contributed by atoms with Crippen LogP contribution in [0.1, 0.15) is 18.6 Å². The van der Waals surface area contributed by atoms with E-state index in [1.54, 1.807) is 18.7 Å². The summed E-state index contributed by atoms with van der Waals surface area (Å²) in [5, 5.41) is 3.56. The molecule has 0 radical (unpaired) electrons. The minimum Gasteiger partial charge on any atom is -0.465 e. The van der Waals surface area contributed by atoms with Crippen LogP contribution >= 0.6 is 0 Å². The zero-order valence-corrected chi connectivity index (χ0v) is 12.0. The molecular weight excluding hydrogens is 264 g/mol. The number of hydrogen-bond donors (Lipinski definition) is 1. The molecule has 1 saturated heterocycles. The molecule has 0 amide bonds. The van der Waals surface area contributed by atoms with Crippen LogP contribution in [0.4, 0.5) is 5.95 Å². The van der Waals surface area contributed by atoms with Gasteiger partial charge in [-0.25, -0.2) is 9.97 Å². The smallest absolute Gasteiger partial charge is 0.225 e. The maximum atomic E-state index is 5.26. The number of aromatic nitrogens is 2. The van der Waals surface area contributed by atoms with E-state index in [4.69, 9.17) is 4.42 Å². The molecule has 1 aliphatic heterocycles. The SMILES string of the molecule is C(=C\c1ccco1)/CN[C@H]1CCCN(c2ncccn2)C1. The third-order valence-electron chi connectivity index (χ3n) is 3.61. The highest BCUT2D eigenvalue weighted by Crippen LogP contribution is 2.15. The summed E-state index contributed by atoms with van der Waals surface area (Å²) in [7, 11) is 0. The van der Waals surface area contributed by atoms with Gasteiger partial charge in [-0.1, -0.05) is 6.08 Å². The van der Waals surface area contributed by atoms with Gasteiger partial charge in [0.1, 0.15) is 5.76 Å². The lowest BCUT2D eigenvalue weighted by Gasteiger charge is -2.33. The molecule has 1 fully saturated rings. The van der Waals surface area contributed by atoms with Crippen molar-refractivity contribution in [2.24, 2.45) is 0 Å². The molecule has 1 atom stereocenters. The predicted octanol–water partition coefficient (Wildman–Crippen LogP) is 2.34. The van der Waals surface area contributed by atoms with E-state index in [0.717, 1.165) is 37.8 Å². The Balaban J connectivity index is 1.48. The molecule has 110 valence electrons. The fourth-order valence-electron chi connectivity index (χ4n) is 2.58. The van der Waals surface area contributed by atoms with Gasteiger partial charge in [-0.15, -0.1) is 0 Å². The zero-order chi connectivity index (χ0) is 14.3. The van der Waals surface area contributed by atoms with Crippen molar-refractivity contribution in [3.63, 3.8) is 0 Å². The average Bonchev–Trinajstić information content (AvgIpc) is 3.06. The lowest BCUT2D eigenvalue weighted by atomic mass is 10.1. The van der Waals surface area contributed by atoms with Crippen molar-refractivity contribution < 1.29 is 4.42 Å². The molecular formula is C16H20N4O. The highest BCUT2D eigenvalue weighted by Gasteiger charge is 2.20. The normalized spacial score (nSPS) is 19.2. The number of furan rings is 1. The predicted molar refractivity (Wildman–Crippen MR) is 83.0 cm³/mol. The van der Waals surface area contributed by atoms with Crippen LogP contribution in [-0.4, -0.2) is 35.6 Å². The molecule has 5 heteroatoms. The van der Waals surface area contributed by atoms with Gasteiger partial charge in [0.25, 0.3) is 0 Å². The highest BCUT2D eigenvalue weighted by atomic mass is 16.3. The Morgan fingerprint density at radius 2 is 2.24 bits per heavy atom. The number of nitrogens with zero attached hydrogens (tertiary/aromatic N) is 3. The molecule has 3 heterocycles. The monoisotopic (exact) mass is 284 g/mol. The van der Waals surface area contributed by atoms with Crippen molar-refractivity contribution in [2.75, 3.05) is 24.5 Å². The lowest BCUT2D eigenvalue weighted by Crippen LogP contribution is -2.46. The van der Waals surface area contributed by atoms with Gasteiger partial charge in [0.05, 0.1) is 6.26 Å². The number of nitrogens with one attached hydrogen (secondary N) is 1. The van der Waals surface area contributed by atoms with Crippen LogP contribution < -0.4 is 10.2 Å². The van der Waals surface area contributed by atoms with Gasteiger partial charge in [-0.05, 0) is 37.1 Å². The summed E-state index contributed by atoms with van der Waals surface area (Å²) in [6.07, 6.45) is 11.7. The maximum absolute atomic E-state index is 5.26. The largest absolute Gasteiger partial charge is 0.465 e. The Hall–Kier alpha value is -2.14. The third kappa shape index (κ3) is 3.92. The maximum Gasteiger partial charge on any atom is 0.225 e. The van der Waals surface area contributed by atoms with Gasteiger partial charge < -0.3 is 14.6 Å². The van der Waals surface area contributed by atoms with Gasteiger partial charge in [-0.2, -0.15) is 0 Å². The first-order valence-corrected chi connectivity index (χ1v) is 7.37. The summed E-state index contributed by atoms with van der Waals surface area (Å²) in [6.45, 7) is 2.83. The van der Waals surface area contributed by atoms with E-state index in [0.29, 0.717) is 6.04 Å². The van der Waals surface area contributed by atoms with Crippen LogP contribution in [0.3, 0.4) is 0 Å². The molecule has 5 nitrogen and oxygen atoms in total. The Morgan fingerprint density at radius 1 is 1.33 bits per heavy atom. The van der Waals surface area contributed by atoms with E-state index < -0.39 is 0 Å². The van der Waals surface area contributed by atoms with Gasteiger partial charge in [0.15, 0.2) is 0 Å². The second-order valence-electron chi connectivity index (χ2n) is 5.16. The van der Waals surface area contributed by atoms with Crippen molar-refractivity contribution >= 4 is 12.0 Å². The van der Waals surface area contributed by atoms with Crippen LogP contribution in [0.15, 0.2) is 47.3 Å². The average molecular weight is 284 g/mol. The van der Waals surface area contributed by atoms with E-state index in [-0.39, 0.29) is 0 Å². The minimum absolute atomic E-state index is 0.476. The van der Waals surface area contributed by atoms with Crippen molar-refractivity contribution in [3.8, 4) is 0 Å². The van der Waals surface area contributed by atoms with Gasteiger partial charge in [-0.3, -0.25) is 0 Å². The summed E-state index contributed by atoms with van der Waals surface area (Å²) in [5.74, 6) is 1.72. The first-order valence-electron chi connectivity index (χ1n) is 7.37. The van der Waals surface area contributed by atoms with Crippen molar-refractivity contribution in [1.82, 2.24) is 15.3 Å². The second kappa shape index (κ2) is 7.04. The van der Waals surface area contributed by atoms with Crippen LogP contribution in [-0.2, 0) is 0 Å². The zero-order valence-electron chi connectivity index (χ0n) is 12.0. The standard InChI is InChI=1S/C16H20N4O/c1(6-15-7-3-12-21-15)8-17-14-5-2-11-20(13-14)16-18-9-4-10-19-16/h1,3-4,6-7,9-10,12,14,17H,2,5,8,11,13H2/b6-1+/t14-/m0/s1. The fraction of sp³-hybridized carbons (Fsp3) is 0.375. The van der Waals surface area contributed by atoms with Gasteiger partial charge in [0, 0.05) is 38.1 Å². The molecule has 0 aliphatic carbocycles. The van der Waals surface area contributed by atoms with E-state index in [2.05, 4.69) is 26.3 Å². The lowest BCUT2D eigenvalue weighted by molar-refractivity contribution is 0.434. The Bertz CT molecular complexity index is 553. The molecule has 0 bridgehead atoms. The second-order valence-corrected chi connectivity index (χ2v) is 5.16. The van der Waals surface area contributed by atoms with Crippen molar-refractivity contribution in [2.45, 2.75) is 18.9 Å². The summed E-state index contributed by atoms with van der Waals surface area (Å²) < 4.78 is 5.26. The van der Waals surface area contributed by atoms with Crippen LogP contribution in [0.2, 0.25) is 0 Å². The number of piperidine rings is 1.